The van der Waals surface area contributed by atoms with Crippen LogP contribution in [0.5, 0.6) is 0 Å². The minimum absolute atomic E-state index is 0.0388. The van der Waals surface area contributed by atoms with Crippen LogP contribution in [-0.4, -0.2) is 70.0 Å². The average molecular weight is 858 g/mol. The fourth-order valence-corrected chi connectivity index (χ4v) is 6.28. The summed E-state index contributed by atoms with van der Waals surface area (Å²) in [7, 11) is 1.14. The molecule has 0 saturated carbocycles. The Labute approximate surface area is 366 Å². The average Bonchev–Trinajstić information content (AvgIpc) is 3.20. The first-order valence-corrected chi connectivity index (χ1v) is 24.4. The van der Waals surface area contributed by atoms with Gasteiger partial charge >= 0.3 is 11.9 Å². The first-order valence-electron chi connectivity index (χ1n) is 22.9. The van der Waals surface area contributed by atoms with Gasteiger partial charge < -0.3 is 27.9 Å². The highest BCUT2D eigenvalue weighted by atomic mass is 31.2. The van der Waals surface area contributed by atoms with Crippen molar-refractivity contribution in [1.29, 1.82) is 0 Å². The van der Waals surface area contributed by atoms with Crippen molar-refractivity contribution in [1.82, 2.24) is 0 Å². The number of phosphoric acid groups is 1. The molecule has 0 aromatic rings. The number of nitrogens with zero attached hydrogens (tertiary/aromatic N) is 1. The lowest BCUT2D eigenvalue weighted by Gasteiger charge is -2.28. The highest BCUT2D eigenvalue weighted by Gasteiger charge is 2.21. The molecule has 0 fully saturated rings. The Morgan fingerprint density at radius 3 is 1.42 bits per heavy atom. The number of quaternary nitrogens is 1. The molecule has 0 amide bonds. The van der Waals surface area contributed by atoms with Crippen LogP contribution < -0.4 is 4.89 Å². The van der Waals surface area contributed by atoms with Crippen LogP contribution in [0.4, 0.5) is 0 Å². The van der Waals surface area contributed by atoms with Crippen LogP contribution in [0.25, 0.3) is 0 Å². The second-order valence-electron chi connectivity index (χ2n) is 16.0. The van der Waals surface area contributed by atoms with Gasteiger partial charge in [0, 0.05) is 12.8 Å². The molecule has 342 valence electrons. The standard InChI is InChI=1S/C50H84NO8P/c1-6-8-10-12-13-14-15-16-17-18-19-20-21-22-23-24-25-26-27-28-29-30-31-32-33-34-35-36-37-39-41-43-50(53)59-48(46-56-49(52)42-40-38-11-9-7-2)47-58-60(54,55)57-45-44-51(3,4)5/h8,10,13-14,16-17,19-20,22-23,25-26,28-29,31-32,48H,6-7,9,11-12,15,18,21,24,27,30,33-47H2,1-5H3/b10-8-,14-13-,17-16-,20-19-,23-22-,26-25-,29-28-,32-31-. The molecule has 0 heterocycles. The third kappa shape index (κ3) is 44.5. The number of likely N-dealkylation sites (N-methyl/N-ethyl adjacent to an activating group) is 1. The molecule has 60 heavy (non-hydrogen) atoms. The molecule has 0 N–H and O–H groups in total. The van der Waals surface area contributed by atoms with E-state index in [2.05, 4.69) is 111 Å². The van der Waals surface area contributed by atoms with E-state index in [0.29, 0.717) is 17.4 Å². The molecule has 0 aliphatic heterocycles. The molecule has 0 aliphatic rings. The van der Waals surface area contributed by atoms with Crippen molar-refractivity contribution in [3.05, 3.63) is 97.2 Å². The van der Waals surface area contributed by atoms with E-state index in [4.69, 9.17) is 18.5 Å². The van der Waals surface area contributed by atoms with Crippen LogP contribution in [0, 0.1) is 0 Å². The van der Waals surface area contributed by atoms with Gasteiger partial charge in [0.2, 0.25) is 0 Å². The lowest BCUT2D eigenvalue weighted by Crippen LogP contribution is -2.37. The molecule has 0 aliphatic carbocycles. The van der Waals surface area contributed by atoms with E-state index in [0.717, 1.165) is 122 Å². The zero-order valence-electron chi connectivity index (χ0n) is 38.4. The first kappa shape index (κ1) is 56.9. The highest BCUT2D eigenvalue weighted by molar-refractivity contribution is 7.45. The zero-order chi connectivity index (χ0) is 44.3. The number of esters is 2. The number of rotatable bonds is 40. The van der Waals surface area contributed by atoms with Crippen LogP contribution in [-0.2, 0) is 32.7 Å². The Balaban J connectivity index is 4.13. The number of ether oxygens (including phenoxy) is 2. The number of phosphoric ester groups is 1. The third-order valence-electron chi connectivity index (χ3n) is 9.12. The van der Waals surface area contributed by atoms with E-state index in [1.54, 1.807) is 0 Å². The molecule has 0 aromatic heterocycles. The van der Waals surface area contributed by atoms with Crippen molar-refractivity contribution in [2.75, 3.05) is 47.5 Å². The summed E-state index contributed by atoms with van der Waals surface area (Å²) < 4.78 is 33.6. The summed E-state index contributed by atoms with van der Waals surface area (Å²) in [5.74, 6) is -0.875. The molecule has 0 saturated heterocycles. The molecular weight excluding hydrogens is 774 g/mol. The van der Waals surface area contributed by atoms with Gasteiger partial charge in [-0.2, -0.15) is 0 Å². The summed E-state index contributed by atoms with van der Waals surface area (Å²) in [4.78, 5) is 37.2. The summed E-state index contributed by atoms with van der Waals surface area (Å²) in [5.41, 5.74) is 0. The molecule has 0 rings (SSSR count). The summed E-state index contributed by atoms with van der Waals surface area (Å²) in [6.07, 6.45) is 54.9. The minimum atomic E-state index is -4.62. The molecule has 0 spiro atoms. The SMILES string of the molecule is CC/C=C\C/C=C\C/C=C\C/C=C\C/C=C\C/C=C\C/C=C\C/C=C\CCCCCCCCC(=O)OC(COC(=O)CCCCCCC)COP(=O)([O-])OCC[N+](C)(C)C. The second kappa shape index (κ2) is 41.3. The lowest BCUT2D eigenvalue weighted by molar-refractivity contribution is -0.870. The Kier molecular flexibility index (Phi) is 39.2. The van der Waals surface area contributed by atoms with Crippen LogP contribution in [0.15, 0.2) is 97.2 Å². The fourth-order valence-electron chi connectivity index (χ4n) is 5.55. The predicted octanol–water partition coefficient (Wildman–Crippen LogP) is 12.7. The molecule has 2 atom stereocenters. The summed E-state index contributed by atoms with van der Waals surface area (Å²) in [6.45, 7) is 3.96. The topological polar surface area (TPSA) is 111 Å². The Bertz CT molecular complexity index is 1340. The number of carbonyl (C=O) groups excluding carboxylic acids is 2. The normalized spacial score (nSPS) is 14.4. The van der Waals surface area contributed by atoms with E-state index in [1.165, 1.54) is 0 Å². The van der Waals surface area contributed by atoms with Crippen LogP contribution in [0.2, 0.25) is 0 Å². The molecule has 9 nitrogen and oxygen atoms in total. The molecule has 2 unspecified atom stereocenters. The zero-order valence-corrected chi connectivity index (χ0v) is 39.3. The van der Waals surface area contributed by atoms with Gasteiger partial charge in [-0.15, -0.1) is 0 Å². The summed E-state index contributed by atoms with van der Waals surface area (Å²) in [6, 6.07) is 0. The maximum atomic E-state index is 12.6. The van der Waals surface area contributed by atoms with Gasteiger partial charge in [-0.1, -0.05) is 162 Å². The van der Waals surface area contributed by atoms with Gasteiger partial charge in [-0.25, -0.2) is 0 Å². The Morgan fingerprint density at radius 1 is 0.533 bits per heavy atom. The number of hydrogen-bond donors (Lipinski definition) is 0. The second-order valence-corrected chi connectivity index (χ2v) is 17.4. The first-order chi connectivity index (χ1) is 29.0. The molecule has 10 heteroatoms. The van der Waals surface area contributed by atoms with E-state index in [1.807, 2.05) is 21.1 Å². The van der Waals surface area contributed by atoms with Gasteiger partial charge in [0.25, 0.3) is 7.82 Å². The molecule has 0 aromatic carbocycles. The summed E-state index contributed by atoms with van der Waals surface area (Å²) in [5, 5.41) is 0. The van der Waals surface area contributed by atoms with E-state index < -0.39 is 32.5 Å². The maximum Gasteiger partial charge on any atom is 0.306 e. The predicted molar refractivity (Wildman–Crippen MR) is 249 cm³/mol. The fraction of sp³-hybridized carbons (Fsp3) is 0.640. The van der Waals surface area contributed by atoms with E-state index >= 15 is 0 Å². The van der Waals surface area contributed by atoms with Crippen molar-refractivity contribution in [3.63, 3.8) is 0 Å². The van der Waals surface area contributed by atoms with Gasteiger partial charge in [-0.05, 0) is 77.0 Å². The van der Waals surface area contributed by atoms with Crippen LogP contribution in [0.3, 0.4) is 0 Å². The van der Waals surface area contributed by atoms with Gasteiger partial charge in [0.1, 0.15) is 19.8 Å². The summed E-state index contributed by atoms with van der Waals surface area (Å²) >= 11 is 0. The van der Waals surface area contributed by atoms with Gasteiger partial charge in [0.15, 0.2) is 6.10 Å². The quantitative estimate of drug-likeness (QED) is 0.0197. The molecule has 0 bridgehead atoms. The molecular formula is C50H84NO8P. The number of unbranched alkanes of at least 4 members (excludes halogenated alkanes) is 10. The van der Waals surface area contributed by atoms with E-state index in [9.17, 15) is 19.0 Å². The monoisotopic (exact) mass is 858 g/mol. The number of hydrogen-bond acceptors (Lipinski definition) is 8. The number of carbonyl (C=O) groups is 2. The van der Waals surface area contributed by atoms with Crippen LogP contribution >= 0.6 is 7.82 Å². The maximum absolute atomic E-state index is 12.6. The van der Waals surface area contributed by atoms with Crippen molar-refractivity contribution in [2.24, 2.45) is 0 Å². The van der Waals surface area contributed by atoms with Crippen molar-refractivity contribution >= 4 is 19.8 Å². The van der Waals surface area contributed by atoms with Gasteiger partial charge in [0.05, 0.1) is 27.7 Å². The molecule has 0 radical (unpaired) electrons. The third-order valence-corrected chi connectivity index (χ3v) is 10.1. The van der Waals surface area contributed by atoms with E-state index in [-0.39, 0.29) is 26.1 Å². The van der Waals surface area contributed by atoms with Crippen molar-refractivity contribution < 1.29 is 42.1 Å². The smallest absolute Gasteiger partial charge is 0.306 e. The number of allylic oxidation sites excluding steroid dienone is 16. The Morgan fingerprint density at radius 2 is 0.950 bits per heavy atom. The van der Waals surface area contributed by atoms with Crippen LogP contribution in [0.1, 0.15) is 155 Å². The Hall–Kier alpha value is -3.07. The largest absolute Gasteiger partial charge is 0.756 e. The highest BCUT2D eigenvalue weighted by Crippen LogP contribution is 2.38. The van der Waals surface area contributed by atoms with Gasteiger partial charge in [-0.3, -0.25) is 14.2 Å². The van der Waals surface area contributed by atoms with Crippen molar-refractivity contribution in [3.8, 4) is 0 Å². The minimum Gasteiger partial charge on any atom is -0.756 e. The van der Waals surface area contributed by atoms with Crippen molar-refractivity contribution in [2.45, 2.75) is 161 Å². The lowest BCUT2D eigenvalue weighted by atomic mass is 10.1.